The molecule has 7 rings (SSSR count). The summed E-state index contributed by atoms with van der Waals surface area (Å²) in [6.45, 7) is 8.43. The Kier molecular flexibility index (Phi) is 10.0. The first kappa shape index (κ1) is 34.5. The van der Waals surface area contributed by atoms with Crippen LogP contribution in [0.4, 0.5) is 0 Å². The van der Waals surface area contributed by atoms with Crippen molar-refractivity contribution in [1.29, 1.82) is 0 Å². The molecule has 0 spiro atoms. The number of rotatable bonds is 11. The molecule has 0 fully saturated rings. The van der Waals surface area contributed by atoms with Crippen molar-refractivity contribution in [3.63, 3.8) is 0 Å². The average Bonchev–Trinajstić information content (AvgIpc) is 3.69. The van der Waals surface area contributed by atoms with Gasteiger partial charge in [0.05, 0.1) is 53.1 Å². The summed E-state index contributed by atoms with van der Waals surface area (Å²) in [4.78, 5) is 33.6. The molecule has 262 valence electrons. The van der Waals surface area contributed by atoms with E-state index in [4.69, 9.17) is 19.2 Å². The summed E-state index contributed by atoms with van der Waals surface area (Å²) in [6, 6.07) is 37.5. The third-order valence-electron chi connectivity index (χ3n) is 8.85. The molecule has 0 bridgehead atoms. The van der Waals surface area contributed by atoms with E-state index in [1.807, 2.05) is 92.7 Å². The van der Waals surface area contributed by atoms with E-state index in [9.17, 15) is 9.59 Å². The molecule has 1 atom stereocenters. The van der Waals surface area contributed by atoms with Crippen LogP contribution in [-0.4, -0.2) is 34.9 Å². The second kappa shape index (κ2) is 15.1. The van der Waals surface area contributed by atoms with Crippen molar-refractivity contribution in [2.45, 2.75) is 33.7 Å². The van der Waals surface area contributed by atoms with E-state index >= 15 is 0 Å². The average molecular weight is 710 g/mol. The highest BCUT2D eigenvalue weighted by atomic mass is 32.1. The van der Waals surface area contributed by atoms with Gasteiger partial charge < -0.3 is 18.8 Å². The minimum Gasteiger partial charge on any atom is -0.490 e. The lowest BCUT2D eigenvalue weighted by atomic mass is 9.95. The van der Waals surface area contributed by atoms with Gasteiger partial charge in [-0.2, -0.15) is 0 Å². The Hall–Kier alpha value is -5.93. The zero-order chi connectivity index (χ0) is 36.2. The summed E-state index contributed by atoms with van der Waals surface area (Å²) in [7, 11) is 0. The molecule has 0 aliphatic carbocycles. The van der Waals surface area contributed by atoms with Gasteiger partial charge in [-0.1, -0.05) is 96.3 Å². The van der Waals surface area contributed by atoms with Crippen LogP contribution in [0.25, 0.3) is 34.3 Å². The SMILES string of the molecule is CCOC(=O)C1=C(C)N=c2s/c(=C\c3cc(-c4ccccc4)n(-c4ccccc4)c3-c3ccccc3)c(=O)n2[C@H]1c1ccc(OCC)c(OCC)c1. The van der Waals surface area contributed by atoms with E-state index in [-0.39, 0.29) is 12.2 Å². The summed E-state index contributed by atoms with van der Waals surface area (Å²) in [6.07, 6.45) is 1.95. The van der Waals surface area contributed by atoms with Crippen LogP contribution in [0.3, 0.4) is 0 Å². The van der Waals surface area contributed by atoms with Crippen LogP contribution in [0, 0.1) is 0 Å². The summed E-state index contributed by atoms with van der Waals surface area (Å²) < 4.78 is 21.7. The molecule has 0 saturated carbocycles. The highest BCUT2D eigenvalue weighted by molar-refractivity contribution is 7.07. The number of hydrogen-bond donors (Lipinski definition) is 0. The maximum Gasteiger partial charge on any atom is 0.338 e. The van der Waals surface area contributed by atoms with Crippen molar-refractivity contribution in [2.75, 3.05) is 19.8 Å². The van der Waals surface area contributed by atoms with Gasteiger partial charge in [-0.3, -0.25) is 9.36 Å². The molecule has 0 saturated heterocycles. The summed E-state index contributed by atoms with van der Waals surface area (Å²) >= 11 is 1.30. The van der Waals surface area contributed by atoms with Gasteiger partial charge in [0.2, 0.25) is 0 Å². The van der Waals surface area contributed by atoms with Crippen molar-refractivity contribution in [3.05, 3.63) is 157 Å². The van der Waals surface area contributed by atoms with Crippen LogP contribution < -0.4 is 24.4 Å². The van der Waals surface area contributed by atoms with Gasteiger partial charge in [-0.15, -0.1) is 0 Å². The fraction of sp³-hybridized carbons (Fsp3) is 0.186. The van der Waals surface area contributed by atoms with Crippen molar-refractivity contribution in [2.24, 2.45) is 4.99 Å². The molecule has 0 N–H and O–H groups in total. The van der Waals surface area contributed by atoms with Crippen LogP contribution >= 0.6 is 11.3 Å². The van der Waals surface area contributed by atoms with E-state index in [2.05, 4.69) is 47.0 Å². The quantitative estimate of drug-likeness (QED) is 0.129. The van der Waals surface area contributed by atoms with Gasteiger partial charge in [0, 0.05) is 11.3 Å². The third kappa shape index (κ3) is 6.51. The molecular weight excluding hydrogens is 671 g/mol. The highest BCUT2D eigenvalue weighted by Gasteiger charge is 2.34. The van der Waals surface area contributed by atoms with Gasteiger partial charge in [-0.05, 0) is 80.8 Å². The third-order valence-corrected chi connectivity index (χ3v) is 9.83. The van der Waals surface area contributed by atoms with E-state index in [0.717, 1.165) is 33.8 Å². The number of carbonyl (C=O) groups is 1. The van der Waals surface area contributed by atoms with Crippen molar-refractivity contribution < 1.29 is 19.0 Å². The molecule has 4 aromatic carbocycles. The van der Waals surface area contributed by atoms with Crippen molar-refractivity contribution in [3.8, 4) is 39.7 Å². The molecule has 0 unspecified atom stereocenters. The zero-order valence-electron chi connectivity index (χ0n) is 29.5. The smallest absolute Gasteiger partial charge is 0.338 e. The number of fused-ring (bicyclic) bond motifs is 1. The number of ether oxygens (including phenoxy) is 3. The fourth-order valence-corrected chi connectivity index (χ4v) is 7.72. The van der Waals surface area contributed by atoms with Crippen LogP contribution in [0.5, 0.6) is 11.5 Å². The van der Waals surface area contributed by atoms with E-state index in [1.165, 1.54) is 11.3 Å². The minimum absolute atomic E-state index is 0.185. The number of para-hydroxylation sites is 1. The fourth-order valence-electron chi connectivity index (χ4n) is 6.68. The standard InChI is InChI=1S/C43H39N3O5S/c1-5-49-35-24-23-31(26-36(35)50-6-2)40-38(42(48)51-7-3)28(4)44-43-46(40)41(47)37(52-43)27-32-25-34(29-17-11-8-12-18-29)45(33-21-15-10-16-22-33)39(32)30-19-13-9-14-20-30/h8-27,40H,5-7H2,1-4H3/b37-27-/t40-/m0/s1. The van der Waals surface area contributed by atoms with Gasteiger partial charge in [0.1, 0.15) is 0 Å². The Labute approximate surface area is 306 Å². The first-order valence-electron chi connectivity index (χ1n) is 17.4. The topological polar surface area (TPSA) is 84.1 Å². The number of aromatic nitrogens is 2. The van der Waals surface area contributed by atoms with Crippen LogP contribution in [0.1, 0.15) is 44.9 Å². The molecule has 0 amide bonds. The Balaban J connectivity index is 1.49. The van der Waals surface area contributed by atoms with Crippen molar-refractivity contribution in [1.82, 2.24) is 9.13 Å². The summed E-state index contributed by atoms with van der Waals surface area (Å²) in [5.74, 6) is 0.600. The number of benzene rings is 4. The lowest BCUT2D eigenvalue weighted by Crippen LogP contribution is -2.40. The maximum absolute atomic E-state index is 14.7. The Morgan fingerprint density at radius 1 is 0.788 bits per heavy atom. The molecule has 0 radical (unpaired) electrons. The van der Waals surface area contributed by atoms with Crippen LogP contribution in [0.15, 0.2) is 136 Å². The van der Waals surface area contributed by atoms with Crippen LogP contribution in [0.2, 0.25) is 0 Å². The second-order valence-corrected chi connectivity index (χ2v) is 13.1. The van der Waals surface area contributed by atoms with Crippen LogP contribution in [-0.2, 0) is 9.53 Å². The van der Waals surface area contributed by atoms with Gasteiger partial charge in [-0.25, -0.2) is 9.79 Å². The largest absolute Gasteiger partial charge is 0.490 e. The molecule has 6 aromatic rings. The Bertz CT molecular complexity index is 2450. The van der Waals surface area contributed by atoms with Gasteiger partial charge in [0.25, 0.3) is 5.56 Å². The molecule has 1 aliphatic rings. The predicted octanol–water partition coefficient (Wildman–Crippen LogP) is 7.72. The predicted molar refractivity (Wildman–Crippen MR) is 206 cm³/mol. The number of hydrogen-bond acceptors (Lipinski definition) is 7. The van der Waals surface area contributed by atoms with E-state index < -0.39 is 12.0 Å². The van der Waals surface area contributed by atoms with E-state index in [1.54, 1.807) is 18.4 Å². The zero-order valence-corrected chi connectivity index (χ0v) is 30.4. The first-order valence-corrected chi connectivity index (χ1v) is 18.3. The van der Waals surface area contributed by atoms with Crippen molar-refractivity contribution >= 4 is 23.4 Å². The van der Waals surface area contributed by atoms with E-state index in [0.29, 0.717) is 50.9 Å². The number of carbonyl (C=O) groups excluding carboxylic acids is 1. The highest BCUT2D eigenvalue weighted by Crippen LogP contribution is 2.38. The normalized spacial score (nSPS) is 14.2. The van der Waals surface area contributed by atoms with Gasteiger partial charge in [0.15, 0.2) is 16.3 Å². The Morgan fingerprint density at radius 3 is 2.08 bits per heavy atom. The molecule has 52 heavy (non-hydrogen) atoms. The lowest BCUT2D eigenvalue weighted by molar-refractivity contribution is -0.139. The number of thiazole rings is 1. The number of allylic oxidation sites excluding steroid dienone is 1. The van der Waals surface area contributed by atoms with Gasteiger partial charge >= 0.3 is 5.97 Å². The molecular formula is C43H39N3O5S. The molecule has 3 heterocycles. The molecule has 1 aliphatic heterocycles. The molecule has 9 heteroatoms. The minimum atomic E-state index is -0.797. The second-order valence-electron chi connectivity index (χ2n) is 12.1. The maximum atomic E-state index is 14.7. The summed E-state index contributed by atoms with van der Waals surface area (Å²) in [5, 5.41) is 0. The molecule has 2 aromatic heterocycles. The Morgan fingerprint density at radius 2 is 1.42 bits per heavy atom. The first-order chi connectivity index (χ1) is 25.4. The summed E-state index contributed by atoms with van der Waals surface area (Å²) in [5.41, 5.74) is 7.07. The number of esters is 1. The monoisotopic (exact) mass is 709 g/mol. The molecule has 8 nitrogen and oxygen atoms in total. The lowest BCUT2D eigenvalue weighted by Gasteiger charge is -2.25. The number of nitrogens with zero attached hydrogens (tertiary/aromatic N) is 3.